The van der Waals surface area contributed by atoms with Crippen molar-refractivity contribution in [3.05, 3.63) is 29.3 Å². The molecule has 0 spiro atoms. The second-order valence-electron chi connectivity index (χ2n) is 6.50. The molecule has 2 atom stereocenters. The molecule has 1 aliphatic heterocycles. The molecule has 120 valence electrons. The van der Waals surface area contributed by atoms with Crippen molar-refractivity contribution in [3.63, 3.8) is 0 Å². The van der Waals surface area contributed by atoms with Crippen molar-refractivity contribution >= 4 is 17.7 Å². The fourth-order valence-electron chi connectivity index (χ4n) is 3.81. The van der Waals surface area contributed by atoms with E-state index in [1.165, 1.54) is 0 Å². The van der Waals surface area contributed by atoms with E-state index >= 15 is 0 Å². The highest BCUT2D eigenvalue weighted by Crippen LogP contribution is 2.48. The Hall–Kier alpha value is -2.55. The number of anilines is 1. The zero-order valence-corrected chi connectivity index (χ0v) is 13.0. The van der Waals surface area contributed by atoms with Crippen LogP contribution in [0.3, 0.4) is 0 Å². The standard InChI is InChI=1S/C17H19N3O3/c1-11-4-5-12(8-18)7-14(11)19-16(23)20-9-13-3-2-6-17(13,10-20)15(21)22/h4-5,7,13H,2-3,6,9-10H2,1H3,(H,19,23)(H,21,22)/t13-,17+/m0/s1. The van der Waals surface area contributed by atoms with Crippen LogP contribution >= 0.6 is 0 Å². The van der Waals surface area contributed by atoms with Crippen LogP contribution in [-0.2, 0) is 4.79 Å². The predicted octanol–water partition coefficient (Wildman–Crippen LogP) is 2.59. The average molecular weight is 313 g/mol. The SMILES string of the molecule is Cc1ccc(C#N)cc1NC(=O)N1C[C@@H]2CCC[C@@]2(C(=O)O)C1. The summed E-state index contributed by atoms with van der Waals surface area (Å²) in [5.41, 5.74) is 1.16. The molecule has 2 fully saturated rings. The zero-order chi connectivity index (χ0) is 16.6. The van der Waals surface area contributed by atoms with Gasteiger partial charge in [-0.05, 0) is 43.4 Å². The number of hydrogen-bond donors (Lipinski definition) is 2. The molecular formula is C17H19N3O3. The molecule has 1 heterocycles. The number of carboxylic acids is 1. The van der Waals surface area contributed by atoms with Gasteiger partial charge in [0.15, 0.2) is 0 Å². The van der Waals surface area contributed by atoms with Gasteiger partial charge in [-0.1, -0.05) is 12.5 Å². The van der Waals surface area contributed by atoms with Crippen LogP contribution in [0, 0.1) is 29.6 Å². The maximum Gasteiger partial charge on any atom is 0.321 e. The molecule has 1 saturated carbocycles. The molecule has 1 aromatic carbocycles. The molecular weight excluding hydrogens is 294 g/mol. The monoisotopic (exact) mass is 313 g/mol. The number of rotatable bonds is 2. The second-order valence-corrected chi connectivity index (χ2v) is 6.50. The van der Waals surface area contributed by atoms with Gasteiger partial charge in [-0.2, -0.15) is 5.26 Å². The number of likely N-dealkylation sites (tertiary alicyclic amines) is 1. The lowest BCUT2D eigenvalue weighted by Crippen LogP contribution is -2.38. The minimum Gasteiger partial charge on any atom is -0.481 e. The van der Waals surface area contributed by atoms with E-state index in [1.54, 1.807) is 23.1 Å². The molecule has 0 unspecified atom stereocenters. The number of nitriles is 1. The number of carbonyl (C=O) groups excluding carboxylic acids is 1. The lowest BCUT2D eigenvalue weighted by atomic mass is 9.81. The first-order chi connectivity index (χ1) is 11.0. The van der Waals surface area contributed by atoms with Gasteiger partial charge in [0.25, 0.3) is 0 Å². The Bertz CT molecular complexity index is 710. The number of benzene rings is 1. The van der Waals surface area contributed by atoms with Gasteiger partial charge in [0, 0.05) is 18.8 Å². The lowest BCUT2D eigenvalue weighted by Gasteiger charge is -2.23. The number of carboxylic acid groups (broad SMARTS) is 1. The number of fused-ring (bicyclic) bond motifs is 1. The molecule has 2 aliphatic rings. The number of urea groups is 1. The summed E-state index contributed by atoms with van der Waals surface area (Å²) in [6.45, 7) is 2.60. The molecule has 23 heavy (non-hydrogen) atoms. The summed E-state index contributed by atoms with van der Waals surface area (Å²) in [7, 11) is 0. The Labute approximate surface area is 134 Å². The first kappa shape index (κ1) is 15.3. The van der Waals surface area contributed by atoms with Crippen LogP contribution in [-0.4, -0.2) is 35.1 Å². The highest BCUT2D eigenvalue weighted by molar-refractivity contribution is 5.91. The minimum absolute atomic E-state index is 0.0392. The summed E-state index contributed by atoms with van der Waals surface area (Å²) in [5.74, 6) is -0.754. The molecule has 2 amide bonds. The van der Waals surface area contributed by atoms with Gasteiger partial charge < -0.3 is 15.3 Å². The van der Waals surface area contributed by atoms with Gasteiger partial charge in [-0.25, -0.2) is 4.79 Å². The van der Waals surface area contributed by atoms with Gasteiger partial charge in [-0.15, -0.1) is 0 Å². The average Bonchev–Trinajstić information content (AvgIpc) is 3.07. The Balaban J connectivity index is 1.76. The van der Waals surface area contributed by atoms with Gasteiger partial charge in [0.05, 0.1) is 17.0 Å². The number of aliphatic carboxylic acids is 1. The summed E-state index contributed by atoms with van der Waals surface area (Å²) in [6, 6.07) is 6.87. The molecule has 1 aliphatic carbocycles. The number of amides is 2. The van der Waals surface area contributed by atoms with Crippen LogP contribution in [0.25, 0.3) is 0 Å². The first-order valence-electron chi connectivity index (χ1n) is 7.76. The predicted molar refractivity (Wildman–Crippen MR) is 83.9 cm³/mol. The van der Waals surface area contributed by atoms with E-state index in [2.05, 4.69) is 5.32 Å². The van der Waals surface area contributed by atoms with E-state index in [0.717, 1.165) is 18.4 Å². The van der Waals surface area contributed by atoms with Crippen molar-refractivity contribution in [1.29, 1.82) is 5.26 Å². The summed E-state index contributed by atoms with van der Waals surface area (Å²) >= 11 is 0. The van der Waals surface area contributed by atoms with Crippen molar-refractivity contribution in [1.82, 2.24) is 4.90 Å². The van der Waals surface area contributed by atoms with Crippen molar-refractivity contribution in [2.45, 2.75) is 26.2 Å². The normalized spacial score (nSPS) is 25.7. The van der Waals surface area contributed by atoms with Crippen LogP contribution in [0.1, 0.15) is 30.4 Å². The smallest absolute Gasteiger partial charge is 0.321 e. The van der Waals surface area contributed by atoms with Crippen LogP contribution in [0.15, 0.2) is 18.2 Å². The summed E-state index contributed by atoms with van der Waals surface area (Å²) in [6.07, 6.45) is 2.41. The third-order valence-corrected chi connectivity index (χ3v) is 5.19. The van der Waals surface area contributed by atoms with Gasteiger partial charge >= 0.3 is 12.0 Å². The molecule has 6 nitrogen and oxygen atoms in total. The van der Waals surface area contributed by atoms with Crippen LogP contribution in [0.2, 0.25) is 0 Å². The van der Waals surface area contributed by atoms with E-state index in [4.69, 9.17) is 5.26 Å². The first-order valence-corrected chi connectivity index (χ1v) is 7.76. The number of carbonyl (C=O) groups is 2. The van der Waals surface area contributed by atoms with Gasteiger partial charge in [0.2, 0.25) is 0 Å². The Kier molecular flexibility index (Phi) is 3.72. The summed E-state index contributed by atoms with van der Waals surface area (Å²) in [4.78, 5) is 25.8. The molecule has 0 bridgehead atoms. The highest BCUT2D eigenvalue weighted by atomic mass is 16.4. The highest BCUT2D eigenvalue weighted by Gasteiger charge is 2.55. The fourth-order valence-corrected chi connectivity index (χ4v) is 3.81. The Morgan fingerprint density at radius 2 is 2.26 bits per heavy atom. The van der Waals surface area contributed by atoms with Crippen molar-refractivity contribution in [3.8, 4) is 6.07 Å². The Morgan fingerprint density at radius 1 is 1.48 bits per heavy atom. The molecule has 1 aromatic rings. The van der Waals surface area contributed by atoms with Crippen LogP contribution in [0.5, 0.6) is 0 Å². The molecule has 1 saturated heterocycles. The largest absolute Gasteiger partial charge is 0.481 e. The fraction of sp³-hybridized carbons (Fsp3) is 0.471. The van der Waals surface area contributed by atoms with Crippen molar-refractivity contribution in [2.24, 2.45) is 11.3 Å². The maximum absolute atomic E-state index is 12.5. The molecule has 3 rings (SSSR count). The van der Waals surface area contributed by atoms with E-state index in [0.29, 0.717) is 24.2 Å². The lowest BCUT2D eigenvalue weighted by molar-refractivity contribution is -0.149. The molecule has 0 aromatic heterocycles. The van der Waals surface area contributed by atoms with Crippen LogP contribution < -0.4 is 5.32 Å². The van der Waals surface area contributed by atoms with Gasteiger partial charge in [0.1, 0.15) is 0 Å². The van der Waals surface area contributed by atoms with E-state index in [9.17, 15) is 14.7 Å². The Morgan fingerprint density at radius 3 is 2.91 bits per heavy atom. The summed E-state index contributed by atoms with van der Waals surface area (Å²) in [5, 5.41) is 21.4. The number of nitrogens with one attached hydrogen (secondary N) is 1. The maximum atomic E-state index is 12.5. The molecule has 2 N–H and O–H groups in total. The van der Waals surface area contributed by atoms with E-state index in [-0.39, 0.29) is 18.5 Å². The van der Waals surface area contributed by atoms with Crippen molar-refractivity contribution < 1.29 is 14.7 Å². The second kappa shape index (κ2) is 5.58. The van der Waals surface area contributed by atoms with Crippen molar-refractivity contribution in [2.75, 3.05) is 18.4 Å². The molecule has 0 radical (unpaired) electrons. The number of hydrogen-bond acceptors (Lipinski definition) is 3. The minimum atomic E-state index is -0.794. The molecule has 6 heteroatoms. The third kappa shape index (κ3) is 2.52. The zero-order valence-electron chi connectivity index (χ0n) is 13.0. The van der Waals surface area contributed by atoms with E-state index in [1.807, 2.05) is 13.0 Å². The van der Waals surface area contributed by atoms with Crippen LogP contribution in [0.4, 0.5) is 10.5 Å². The quantitative estimate of drug-likeness (QED) is 0.877. The summed E-state index contributed by atoms with van der Waals surface area (Å²) < 4.78 is 0. The number of nitrogens with zero attached hydrogens (tertiary/aromatic N) is 2. The van der Waals surface area contributed by atoms with E-state index < -0.39 is 11.4 Å². The number of aryl methyl sites for hydroxylation is 1. The van der Waals surface area contributed by atoms with Gasteiger partial charge in [-0.3, -0.25) is 4.79 Å². The topological polar surface area (TPSA) is 93.4 Å². The third-order valence-electron chi connectivity index (χ3n) is 5.19.